The van der Waals surface area contributed by atoms with E-state index in [2.05, 4.69) is 29.1 Å². The quantitative estimate of drug-likeness (QED) is 0.807. The van der Waals surface area contributed by atoms with Crippen molar-refractivity contribution in [2.45, 2.75) is 33.7 Å². The Labute approximate surface area is 109 Å². The summed E-state index contributed by atoms with van der Waals surface area (Å²) in [4.78, 5) is 8.52. The molecule has 1 atom stereocenters. The highest BCUT2D eigenvalue weighted by Crippen LogP contribution is 2.16. The first-order chi connectivity index (χ1) is 8.56. The van der Waals surface area contributed by atoms with Gasteiger partial charge < -0.3 is 14.8 Å². The number of hydrogen-bond acceptors (Lipinski definition) is 5. The van der Waals surface area contributed by atoms with E-state index in [0.29, 0.717) is 24.2 Å². The monoisotopic (exact) mass is 253 g/mol. The summed E-state index contributed by atoms with van der Waals surface area (Å²) in [5.41, 5.74) is 0. The maximum atomic E-state index is 5.48. The van der Waals surface area contributed by atoms with Crippen LogP contribution in [0.3, 0.4) is 0 Å². The molecule has 1 aromatic heterocycles. The third kappa shape index (κ3) is 4.49. The molecule has 1 rings (SSSR count). The highest BCUT2D eigenvalue weighted by molar-refractivity contribution is 5.39. The van der Waals surface area contributed by atoms with Crippen LogP contribution in [-0.4, -0.2) is 36.3 Å². The minimum atomic E-state index is 0.226. The van der Waals surface area contributed by atoms with Crippen LogP contribution in [-0.2, 0) is 4.74 Å². The van der Waals surface area contributed by atoms with Crippen molar-refractivity contribution in [3.63, 3.8) is 0 Å². The SMILES string of the molecule is CCOCC(Nc1cc(OC)nc(C)n1)C(C)C. The topological polar surface area (TPSA) is 56.3 Å². The van der Waals surface area contributed by atoms with Gasteiger partial charge in [0.05, 0.1) is 19.8 Å². The largest absolute Gasteiger partial charge is 0.481 e. The average Bonchev–Trinajstić information content (AvgIpc) is 2.33. The van der Waals surface area contributed by atoms with Crippen LogP contribution in [0.4, 0.5) is 5.82 Å². The van der Waals surface area contributed by atoms with Gasteiger partial charge in [-0.15, -0.1) is 0 Å². The molecule has 0 saturated carbocycles. The summed E-state index contributed by atoms with van der Waals surface area (Å²) in [7, 11) is 1.60. The number of hydrogen-bond donors (Lipinski definition) is 1. The van der Waals surface area contributed by atoms with E-state index in [9.17, 15) is 0 Å². The lowest BCUT2D eigenvalue weighted by molar-refractivity contribution is 0.126. The molecule has 1 aromatic rings. The lowest BCUT2D eigenvalue weighted by atomic mass is 10.1. The van der Waals surface area contributed by atoms with Gasteiger partial charge in [-0.1, -0.05) is 13.8 Å². The van der Waals surface area contributed by atoms with Crippen molar-refractivity contribution < 1.29 is 9.47 Å². The molecule has 0 aromatic carbocycles. The Morgan fingerprint density at radius 2 is 2.06 bits per heavy atom. The molecule has 0 fully saturated rings. The van der Waals surface area contributed by atoms with E-state index in [1.54, 1.807) is 13.2 Å². The van der Waals surface area contributed by atoms with E-state index in [4.69, 9.17) is 9.47 Å². The van der Waals surface area contributed by atoms with E-state index in [0.717, 1.165) is 12.4 Å². The first-order valence-corrected chi connectivity index (χ1v) is 6.30. The molecule has 102 valence electrons. The number of methoxy groups -OCH3 is 1. The standard InChI is InChI=1S/C13H23N3O2/c1-6-18-8-11(9(2)3)16-12-7-13(17-5)15-10(4)14-12/h7,9,11H,6,8H2,1-5H3,(H,14,15,16). The van der Waals surface area contributed by atoms with Crippen molar-refractivity contribution in [1.29, 1.82) is 0 Å². The van der Waals surface area contributed by atoms with Crippen molar-refractivity contribution in [2.24, 2.45) is 5.92 Å². The van der Waals surface area contributed by atoms with Crippen molar-refractivity contribution in [2.75, 3.05) is 25.6 Å². The molecule has 0 radical (unpaired) electrons. The average molecular weight is 253 g/mol. The summed E-state index contributed by atoms with van der Waals surface area (Å²) in [5, 5.41) is 3.37. The van der Waals surface area contributed by atoms with Gasteiger partial charge in [-0.3, -0.25) is 0 Å². The first-order valence-electron chi connectivity index (χ1n) is 6.30. The second-order valence-corrected chi connectivity index (χ2v) is 4.50. The molecule has 0 saturated heterocycles. The van der Waals surface area contributed by atoms with E-state index in [1.807, 2.05) is 13.8 Å². The summed E-state index contributed by atoms with van der Waals surface area (Å²) >= 11 is 0. The molecule has 18 heavy (non-hydrogen) atoms. The van der Waals surface area contributed by atoms with E-state index < -0.39 is 0 Å². The van der Waals surface area contributed by atoms with Crippen molar-refractivity contribution in [3.05, 3.63) is 11.9 Å². The first kappa shape index (κ1) is 14.7. The Morgan fingerprint density at radius 3 is 2.61 bits per heavy atom. The highest BCUT2D eigenvalue weighted by atomic mass is 16.5. The van der Waals surface area contributed by atoms with Crippen LogP contribution in [0.1, 0.15) is 26.6 Å². The zero-order chi connectivity index (χ0) is 13.5. The van der Waals surface area contributed by atoms with Gasteiger partial charge in [0.1, 0.15) is 11.6 Å². The third-order valence-electron chi connectivity index (χ3n) is 2.66. The number of nitrogens with one attached hydrogen (secondary N) is 1. The number of aryl methyl sites for hydroxylation is 1. The Kier molecular flexibility index (Phi) is 5.85. The second kappa shape index (κ2) is 7.16. The Morgan fingerprint density at radius 1 is 1.33 bits per heavy atom. The molecule has 5 nitrogen and oxygen atoms in total. The highest BCUT2D eigenvalue weighted by Gasteiger charge is 2.14. The molecule has 5 heteroatoms. The molecule has 0 spiro atoms. The lowest BCUT2D eigenvalue weighted by Crippen LogP contribution is -2.31. The summed E-state index contributed by atoms with van der Waals surface area (Å²) in [6, 6.07) is 2.03. The summed E-state index contributed by atoms with van der Waals surface area (Å²) in [6.07, 6.45) is 0. The third-order valence-corrected chi connectivity index (χ3v) is 2.66. The molecular weight excluding hydrogens is 230 g/mol. The van der Waals surface area contributed by atoms with Crippen LogP contribution in [0.15, 0.2) is 6.07 Å². The van der Waals surface area contributed by atoms with Crippen LogP contribution >= 0.6 is 0 Å². The van der Waals surface area contributed by atoms with Crippen LogP contribution < -0.4 is 10.1 Å². The zero-order valence-corrected chi connectivity index (χ0v) is 11.9. The van der Waals surface area contributed by atoms with Crippen LogP contribution in [0.2, 0.25) is 0 Å². The Balaban J connectivity index is 2.76. The molecule has 0 aliphatic heterocycles. The normalized spacial score (nSPS) is 12.6. The van der Waals surface area contributed by atoms with E-state index >= 15 is 0 Å². The van der Waals surface area contributed by atoms with Crippen molar-refractivity contribution >= 4 is 5.82 Å². The molecule has 1 unspecified atom stereocenters. The van der Waals surface area contributed by atoms with Crippen molar-refractivity contribution in [1.82, 2.24) is 9.97 Å². The van der Waals surface area contributed by atoms with Gasteiger partial charge in [-0.2, -0.15) is 4.98 Å². The second-order valence-electron chi connectivity index (χ2n) is 4.50. The fraction of sp³-hybridized carbons (Fsp3) is 0.692. The molecule has 1 N–H and O–H groups in total. The minimum absolute atomic E-state index is 0.226. The van der Waals surface area contributed by atoms with E-state index in [-0.39, 0.29) is 6.04 Å². The summed E-state index contributed by atoms with van der Waals surface area (Å²) in [5.74, 6) is 2.50. The molecule has 0 aliphatic rings. The van der Waals surface area contributed by atoms with Gasteiger partial charge in [0.15, 0.2) is 0 Å². The maximum Gasteiger partial charge on any atom is 0.218 e. The Bertz CT molecular complexity index is 369. The molecule has 0 bridgehead atoms. The van der Waals surface area contributed by atoms with Crippen LogP contribution in [0.5, 0.6) is 5.88 Å². The molecule has 0 amide bonds. The van der Waals surface area contributed by atoms with Gasteiger partial charge in [0, 0.05) is 12.7 Å². The Hall–Kier alpha value is -1.36. The van der Waals surface area contributed by atoms with Crippen LogP contribution in [0, 0.1) is 12.8 Å². The number of anilines is 1. The summed E-state index contributed by atoms with van der Waals surface area (Å²) < 4.78 is 10.6. The predicted octanol–water partition coefficient (Wildman–Crippen LogP) is 2.27. The van der Waals surface area contributed by atoms with Gasteiger partial charge in [-0.05, 0) is 19.8 Å². The molecule has 0 aliphatic carbocycles. The van der Waals surface area contributed by atoms with Crippen LogP contribution in [0.25, 0.3) is 0 Å². The smallest absolute Gasteiger partial charge is 0.218 e. The fourth-order valence-corrected chi connectivity index (χ4v) is 1.55. The fourth-order valence-electron chi connectivity index (χ4n) is 1.55. The van der Waals surface area contributed by atoms with Gasteiger partial charge in [0.25, 0.3) is 0 Å². The minimum Gasteiger partial charge on any atom is -0.481 e. The van der Waals surface area contributed by atoms with E-state index in [1.165, 1.54) is 0 Å². The number of rotatable bonds is 7. The molecule has 1 heterocycles. The van der Waals surface area contributed by atoms with Gasteiger partial charge in [-0.25, -0.2) is 4.98 Å². The van der Waals surface area contributed by atoms with Crippen molar-refractivity contribution in [3.8, 4) is 5.88 Å². The lowest BCUT2D eigenvalue weighted by Gasteiger charge is -2.22. The number of ether oxygens (including phenoxy) is 2. The predicted molar refractivity (Wildman–Crippen MR) is 72.1 cm³/mol. The summed E-state index contributed by atoms with van der Waals surface area (Å²) in [6.45, 7) is 9.54. The van der Waals surface area contributed by atoms with Gasteiger partial charge >= 0.3 is 0 Å². The number of aromatic nitrogens is 2. The zero-order valence-electron chi connectivity index (χ0n) is 11.9. The maximum absolute atomic E-state index is 5.48. The molecular formula is C13H23N3O2. The van der Waals surface area contributed by atoms with Gasteiger partial charge in [0.2, 0.25) is 5.88 Å². The number of nitrogens with zero attached hydrogens (tertiary/aromatic N) is 2.